The summed E-state index contributed by atoms with van der Waals surface area (Å²) in [6.07, 6.45) is -3.85. The van der Waals surface area contributed by atoms with Gasteiger partial charge in [-0.2, -0.15) is 13.2 Å². The van der Waals surface area contributed by atoms with Gasteiger partial charge in [-0.1, -0.05) is 0 Å². The maximum Gasteiger partial charge on any atom is 0.411 e. The van der Waals surface area contributed by atoms with Gasteiger partial charge in [0.1, 0.15) is 5.54 Å². The Labute approximate surface area is 117 Å². The normalized spacial score (nSPS) is 16.1. The number of amides is 2. The molecule has 21 heavy (non-hydrogen) atoms. The van der Waals surface area contributed by atoms with Crippen molar-refractivity contribution in [3.63, 3.8) is 0 Å². The predicted octanol–water partition coefficient (Wildman–Crippen LogP) is 1.93. The second kappa shape index (κ2) is 5.23. The molecule has 1 aromatic heterocycles. The Morgan fingerprint density at radius 2 is 2.00 bits per heavy atom. The molecule has 3 N–H and O–H groups in total. The number of aromatic nitrogens is 1. The van der Waals surface area contributed by atoms with Gasteiger partial charge in [0.25, 0.3) is 0 Å². The molecule has 1 heterocycles. The van der Waals surface area contributed by atoms with Gasteiger partial charge in [-0.15, -0.1) is 0 Å². The predicted molar refractivity (Wildman–Crippen MR) is 65.8 cm³/mol. The fourth-order valence-corrected chi connectivity index (χ4v) is 1.74. The molecule has 1 saturated carbocycles. The van der Waals surface area contributed by atoms with Crippen LogP contribution in [0.3, 0.4) is 0 Å². The van der Waals surface area contributed by atoms with Crippen molar-refractivity contribution >= 4 is 17.7 Å². The van der Waals surface area contributed by atoms with Crippen molar-refractivity contribution in [3.05, 3.63) is 24.0 Å². The third kappa shape index (κ3) is 3.61. The van der Waals surface area contributed by atoms with Gasteiger partial charge in [0.05, 0.1) is 24.0 Å². The Bertz CT molecular complexity index is 553. The number of nitrogens with zero attached hydrogens (tertiary/aromatic N) is 1. The minimum Gasteiger partial charge on any atom is -0.481 e. The standard InChI is InChI=1S/C12H12F3N3O3/c13-12(14,15)11(3-4-11)18-10(21)17-8-2-1-7(16-6-8)5-9(19)20/h1-2,6H,3-5H2,(H,19,20)(H2,17,18,21). The zero-order valence-corrected chi connectivity index (χ0v) is 10.7. The lowest BCUT2D eigenvalue weighted by Crippen LogP contribution is -2.49. The van der Waals surface area contributed by atoms with E-state index in [2.05, 4.69) is 10.3 Å². The maximum absolute atomic E-state index is 12.7. The summed E-state index contributed by atoms with van der Waals surface area (Å²) in [5.74, 6) is -1.05. The van der Waals surface area contributed by atoms with Crippen LogP contribution in [0.1, 0.15) is 18.5 Å². The van der Waals surface area contributed by atoms with Crippen LogP contribution >= 0.6 is 0 Å². The minimum absolute atomic E-state index is 0.139. The molecule has 6 nitrogen and oxygen atoms in total. The van der Waals surface area contributed by atoms with Crippen molar-refractivity contribution in [2.24, 2.45) is 0 Å². The van der Waals surface area contributed by atoms with Crippen molar-refractivity contribution < 1.29 is 27.9 Å². The summed E-state index contributed by atoms with van der Waals surface area (Å²) < 4.78 is 38.0. The first-order valence-corrected chi connectivity index (χ1v) is 6.04. The molecule has 0 aliphatic heterocycles. The van der Waals surface area contributed by atoms with E-state index in [1.165, 1.54) is 18.3 Å². The monoisotopic (exact) mass is 303 g/mol. The number of anilines is 1. The molecule has 1 aliphatic carbocycles. The number of carboxylic acid groups (broad SMARTS) is 1. The van der Waals surface area contributed by atoms with Gasteiger partial charge < -0.3 is 15.7 Å². The molecule has 0 bridgehead atoms. The summed E-state index contributed by atoms with van der Waals surface area (Å²) in [4.78, 5) is 25.8. The number of hydrogen-bond donors (Lipinski definition) is 3. The molecule has 114 valence electrons. The van der Waals surface area contributed by atoms with Crippen LogP contribution in [0.2, 0.25) is 0 Å². The number of carbonyl (C=O) groups is 2. The largest absolute Gasteiger partial charge is 0.481 e. The molecule has 9 heteroatoms. The van der Waals surface area contributed by atoms with E-state index in [1.54, 1.807) is 0 Å². The SMILES string of the molecule is O=C(O)Cc1ccc(NC(=O)NC2(C(F)(F)F)CC2)cn1. The first-order chi connectivity index (χ1) is 9.72. The highest BCUT2D eigenvalue weighted by atomic mass is 19.4. The topological polar surface area (TPSA) is 91.3 Å². The fraction of sp³-hybridized carbons (Fsp3) is 0.417. The molecule has 0 saturated heterocycles. The summed E-state index contributed by atoms with van der Waals surface area (Å²) in [6, 6.07) is 1.77. The first-order valence-electron chi connectivity index (χ1n) is 6.04. The molecule has 0 radical (unpaired) electrons. The molecule has 0 aromatic carbocycles. The lowest BCUT2D eigenvalue weighted by Gasteiger charge is -2.20. The van der Waals surface area contributed by atoms with Crippen LogP contribution in [-0.4, -0.2) is 33.8 Å². The Kier molecular flexibility index (Phi) is 3.75. The van der Waals surface area contributed by atoms with E-state index >= 15 is 0 Å². The van der Waals surface area contributed by atoms with E-state index < -0.39 is 23.7 Å². The van der Waals surface area contributed by atoms with Crippen LogP contribution in [0.25, 0.3) is 0 Å². The average Bonchev–Trinajstić information content (AvgIpc) is 3.11. The molecular formula is C12H12F3N3O3. The van der Waals surface area contributed by atoms with E-state index in [0.717, 1.165) is 0 Å². The number of alkyl halides is 3. The van der Waals surface area contributed by atoms with Crippen molar-refractivity contribution in [3.8, 4) is 0 Å². The molecule has 1 aromatic rings. The fourth-order valence-electron chi connectivity index (χ4n) is 1.74. The number of carboxylic acids is 1. The Balaban J connectivity index is 1.93. The average molecular weight is 303 g/mol. The molecule has 2 rings (SSSR count). The van der Waals surface area contributed by atoms with Crippen LogP contribution in [0.4, 0.5) is 23.7 Å². The summed E-state index contributed by atoms with van der Waals surface area (Å²) in [7, 11) is 0. The number of carbonyl (C=O) groups excluding carboxylic acids is 1. The van der Waals surface area contributed by atoms with Gasteiger partial charge in [-0.3, -0.25) is 9.78 Å². The van der Waals surface area contributed by atoms with Crippen LogP contribution in [0.15, 0.2) is 18.3 Å². The van der Waals surface area contributed by atoms with E-state index in [0.29, 0.717) is 0 Å². The van der Waals surface area contributed by atoms with Crippen molar-refractivity contribution in [2.45, 2.75) is 31.0 Å². The summed E-state index contributed by atoms with van der Waals surface area (Å²) >= 11 is 0. The Morgan fingerprint density at radius 1 is 1.33 bits per heavy atom. The summed E-state index contributed by atoms with van der Waals surface area (Å²) in [5, 5.41) is 12.7. The number of halogens is 3. The molecular weight excluding hydrogens is 291 g/mol. The molecule has 0 unspecified atom stereocenters. The molecule has 1 fully saturated rings. The summed E-state index contributed by atoms with van der Waals surface area (Å²) in [5.41, 5.74) is -1.67. The number of rotatable bonds is 4. The second-order valence-corrected chi connectivity index (χ2v) is 4.77. The van der Waals surface area contributed by atoms with Gasteiger partial charge in [-0.05, 0) is 25.0 Å². The van der Waals surface area contributed by atoms with Gasteiger partial charge in [0.15, 0.2) is 0 Å². The number of nitrogens with one attached hydrogen (secondary N) is 2. The van der Waals surface area contributed by atoms with Gasteiger partial charge in [0.2, 0.25) is 0 Å². The maximum atomic E-state index is 12.7. The van der Waals surface area contributed by atoms with E-state index in [9.17, 15) is 22.8 Å². The third-order valence-corrected chi connectivity index (χ3v) is 3.06. The highest BCUT2D eigenvalue weighted by Gasteiger charge is 2.64. The van der Waals surface area contributed by atoms with E-state index in [1.807, 2.05) is 5.32 Å². The smallest absolute Gasteiger partial charge is 0.411 e. The Hall–Kier alpha value is -2.32. The van der Waals surface area contributed by atoms with Gasteiger partial charge in [0, 0.05) is 0 Å². The number of hydrogen-bond acceptors (Lipinski definition) is 3. The zero-order chi connectivity index (χ0) is 15.7. The lowest BCUT2D eigenvalue weighted by molar-refractivity contribution is -0.162. The summed E-state index contributed by atoms with van der Waals surface area (Å²) in [6.45, 7) is 0. The third-order valence-electron chi connectivity index (χ3n) is 3.06. The quantitative estimate of drug-likeness (QED) is 0.792. The highest BCUT2D eigenvalue weighted by molar-refractivity contribution is 5.90. The van der Waals surface area contributed by atoms with Crippen LogP contribution in [0, 0.1) is 0 Å². The highest BCUT2D eigenvalue weighted by Crippen LogP contribution is 2.48. The molecule has 0 atom stereocenters. The van der Waals surface area contributed by atoms with Crippen molar-refractivity contribution in [1.82, 2.24) is 10.3 Å². The van der Waals surface area contributed by atoms with Crippen molar-refractivity contribution in [2.75, 3.05) is 5.32 Å². The number of pyridine rings is 1. The van der Waals surface area contributed by atoms with Gasteiger partial charge >= 0.3 is 18.2 Å². The second-order valence-electron chi connectivity index (χ2n) is 4.77. The molecule has 1 aliphatic rings. The van der Waals surface area contributed by atoms with Crippen molar-refractivity contribution in [1.29, 1.82) is 0 Å². The molecule has 0 spiro atoms. The van der Waals surface area contributed by atoms with E-state index in [4.69, 9.17) is 5.11 Å². The van der Waals surface area contributed by atoms with Gasteiger partial charge in [-0.25, -0.2) is 4.79 Å². The van der Waals surface area contributed by atoms with Crippen LogP contribution in [0.5, 0.6) is 0 Å². The van der Waals surface area contributed by atoms with Crippen LogP contribution in [-0.2, 0) is 11.2 Å². The zero-order valence-electron chi connectivity index (χ0n) is 10.7. The number of aliphatic carboxylic acids is 1. The van der Waals surface area contributed by atoms with Crippen LogP contribution < -0.4 is 10.6 Å². The first kappa shape index (κ1) is 15.1. The Morgan fingerprint density at radius 3 is 2.43 bits per heavy atom. The number of urea groups is 1. The van der Waals surface area contributed by atoms with E-state index in [-0.39, 0.29) is 30.6 Å². The minimum atomic E-state index is -4.48. The molecule has 2 amide bonds. The lowest BCUT2D eigenvalue weighted by atomic mass is 10.2.